The van der Waals surface area contributed by atoms with Gasteiger partial charge in [0, 0.05) is 11.6 Å². The number of carbonyl (C=O) groups excluding carboxylic acids is 1. The third kappa shape index (κ3) is 4.63. The second kappa shape index (κ2) is 9.20. The Hall–Kier alpha value is -3.71. The molecular weight excluding hydrogens is 433 g/mol. The van der Waals surface area contributed by atoms with Crippen molar-refractivity contribution in [3.8, 4) is 0 Å². The van der Waals surface area contributed by atoms with Crippen molar-refractivity contribution in [3.05, 3.63) is 116 Å². The van der Waals surface area contributed by atoms with Crippen LogP contribution >= 0.6 is 11.6 Å². The van der Waals surface area contributed by atoms with E-state index in [4.69, 9.17) is 11.6 Å². The molecule has 4 rings (SSSR count). The van der Waals surface area contributed by atoms with E-state index in [0.29, 0.717) is 21.5 Å². The highest BCUT2D eigenvalue weighted by Crippen LogP contribution is 2.12. The van der Waals surface area contributed by atoms with Gasteiger partial charge in [0.15, 0.2) is 0 Å². The Balaban J connectivity index is 1.67. The van der Waals surface area contributed by atoms with Gasteiger partial charge < -0.3 is 5.32 Å². The van der Waals surface area contributed by atoms with Crippen LogP contribution in [0.2, 0.25) is 5.02 Å². The summed E-state index contributed by atoms with van der Waals surface area (Å²) in [5, 5.41) is 3.55. The molecule has 1 amide bonds. The van der Waals surface area contributed by atoms with Gasteiger partial charge in [-0.25, -0.2) is 9.18 Å². The van der Waals surface area contributed by atoms with E-state index in [9.17, 15) is 18.8 Å². The summed E-state index contributed by atoms with van der Waals surface area (Å²) in [7, 11) is 0. The van der Waals surface area contributed by atoms with Crippen molar-refractivity contribution in [1.29, 1.82) is 0 Å². The summed E-state index contributed by atoms with van der Waals surface area (Å²) in [6.07, 6.45) is 0. The number of nitrogens with one attached hydrogen (secondary N) is 1. The molecule has 6 nitrogen and oxygen atoms in total. The van der Waals surface area contributed by atoms with E-state index in [-0.39, 0.29) is 25.5 Å². The molecule has 32 heavy (non-hydrogen) atoms. The van der Waals surface area contributed by atoms with Crippen molar-refractivity contribution in [2.75, 3.05) is 0 Å². The maximum Gasteiger partial charge on any atom is 0.332 e. The highest BCUT2D eigenvalue weighted by Gasteiger charge is 2.15. The van der Waals surface area contributed by atoms with Gasteiger partial charge in [-0.3, -0.25) is 18.7 Å². The average Bonchev–Trinajstić information content (AvgIpc) is 2.79. The van der Waals surface area contributed by atoms with Crippen molar-refractivity contribution in [3.63, 3.8) is 0 Å². The molecule has 0 atom stereocenters. The third-order valence-corrected chi connectivity index (χ3v) is 5.30. The molecule has 0 aliphatic carbocycles. The van der Waals surface area contributed by atoms with Crippen LogP contribution < -0.4 is 16.6 Å². The zero-order valence-electron chi connectivity index (χ0n) is 16.9. The second-order valence-electron chi connectivity index (χ2n) is 7.31. The maximum atomic E-state index is 13.2. The zero-order valence-corrected chi connectivity index (χ0v) is 17.7. The predicted octanol–water partition coefficient (Wildman–Crippen LogP) is 3.32. The number of amides is 1. The summed E-state index contributed by atoms with van der Waals surface area (Å²) in [5.41, 5.74) is 0.767. The van der Waals surface area contributed by atoms with Crippen LogP contribution in [0.5, 0.6) is 0 Å². The number of para-hydroxylation sites is 1. The molecule has 0 bridgehead atoms. The normalized spacial score (nSPS) is 10.9. The minimum atomic E-state index is -0.592. The van der Waals surface area contributed by atoms with Crippen LogP contribution in [0.15, 0.2) is 82.4 Å². The number of hydrogen-bond acceptors (Lipinski definition) is 3. The van der Waals surface area contributed by atoms with E-state index in [2.05, 4.69) is 5.32 Å². The molecule has 162 valence electrons. The first-order valence-corrected chi connectivity index (χ1v) is 10.3. The van der Waals surface area contributed by atoms with E-state index < -0.39 is 17.2 Å². The minimum Gasteiger partial charge on any atom is -0.350 e. The van der Waals surface area contributed by atoms with E-state index >= 15 is 0 Å². The summed E-state index contributed by atoms with van der Waals surface area (Å²) >= 11 is 6.04. The Morgan fingerprint density at radius 3 is 2.41 bits per heavy atom. The molecular formula is C24H19ClFN3O3. The van der Waals surface area contributed by atoms with Gasteiger partial charge >= 0.3 is 5.69 Å². The Labute approximate surface area is 187 Å². The maximum absolute atomic E-state index is 13.2. The summed E-state index contributed by atoms with van der Waals surface area (Å²) < 4.78 is 15.4. The largest absolute Gasteiger partial charge is 0.350 e. The molecule has 0 radical (unpaired) electrons. The molecule has 1 heterocycles. The molecule has 0 aliphatic rings. The minimum absolute atomic E-state index is 0.0280. The van der Waals surface area contributed by atoms with Gasteiger partial charge in [-0.2, -0.15) is 0 Å². The molecule has 0 aliphatic heterocycles. The lowest BCUT2D eigenvalue weighted by Crippen LogP contribution is -2.42. The fourth-order valence-electron chi connectivity index (χ4n) is 3.48. The summed E-state index contributed by atoms with van der Waals surface area (Å²) in [4.78, 5) is 38.8. The fraction of sp³-hybridized carbons (Fsp3) is 0.125. The average molecular weight is 452 g/mol. The van der Waals surface area contributed by atoms with E-state index in [1.54, 1.807) is 60.7 Å². The molecule has 1 N–H and O–H groups in total. The number of fused-ring (bicyclic) bond motifs is 1. The van der Waals surface area contributed by atoms with Crippen molar-refractivity contribution >= 4 is 28.4 Å². The Morgan fingerprint density at radius 2 is 1.66 bits per heavy atom. The number of rotatable bonds is 6. The Bertz CT molecular complexity index is 1410. The third-order valence-electron chi connectivity index (χ3n) is 5.07. The van der Waals surface area contributed by atoms with Crippen LogP contribution in [0.4, 0.5) is 4.39 Å². The first-order chi connectivity index (χ1) is 15.4. The lowest BCUT2D eigenvalue weighted by molar-refractivity contribution is -0.121. The smallest absolute Gasteiger partial charge is 0.332 e. The number of aromatic nitrogens is 2. The molecule has 8 heteroatoms. The molecule has 1 aromatic heterocycles. The van der Waals surface area contributed by atoms with Crippen LogP contribution in [0.25, 0.3) is 10.9 Å². The van der Waals surface area contributed by atoms with Crippen molar-refractivity contribution < 1.29 is 9.18 Å². The number of carbonyl (C=O) groups is 1. The predicted molar refractivity (Wildman–Crippen MR) is 121 cm³/mol. The van der Waals surface area contributed by atoms with Gasteiger partial charge in [0.05, 0.1) is 17.4 Å². The molecule has 0 spiro atoms. The molecule has 0 unspecified atom stereocenters. The van der Waals surface area contributed by atoms with Crippen LogP contribution in [-0.4, -0.2) is 15.0 Å². The number of nitrogens with zero attached hydrogens (tertiary/aromatic N) is 2. The standard InChI is InChI=1S/C24H19ClFN3O3/c25-18-5-3-4-17(12-18)14-29-23(31)20-6-1-2-7-21(20)28(24(29)32)15-22(30)27-13-16-8-10-19(26)11-9-16/h1-12H,13-15H2,(H,27,30). The van der Waals surface area contributed by atoms with Crippen LogP contribution in [0.3, 0.4) is 0 Å². The Morgan fingerprint density at radius 1 is 0.906 bits per heavy atom. The van der Waals surface area contributed by atoms with Crippen LogP contribution in [0, 0.1) is 5.82 Å². The van der Waals surface area contributed by atoms with Crippen molar-refractivity contribution in [2.24, 2.45) is 0 Å². The van der Waals surface area contributed by atoms with E-state index in [1.165, 1.54) is 16.7 Å². The van der Waals surface area contributed by atoms with Gasteiger partial charge in [-0.1, -0.05) is 48.0 Å². The van der Waals surface area contributed by atoms with Crippen molar-refractivity contribution in [2.45, 2.75) is 19.6 Å². The zero-order chi connectivity index (χ0) is 22.7. The van der Waals surface area contributed by atoms with Gasteiger partial charge in [0.1, 0.15) is 12.4 Å². The molecule has 0 saturated carbocycles. The first kappa shape index (κ1) is 21.5. The number of halogens is 2. The quantitative estimate of drug-likeness (QED) is 0.489. The Kier molecular flexibility index (Phi) is 6.18. The molecule has 0 saturated heterocycles. The van der Waals surface area contributed by atoms with E-state index in [0.717, 1.165) is 10.1 Å². The van der Waals surface area contributed by atoms with Gasteiger partial charge in [0.2, 0.25) is 5.91 Å². The first-order valence-electron chi connectivity index (χ1n) is 9.90. The summed E-state index contributed by atoms with van der Waals surface area (Å²) in [5.74, 6) is -0.769. The molecule has 4 aromatic rings. The summed E-state index contributed by atoms with van der Waals surface area (Å²) in [6.45, 7) is -0.0510. The SMILES string of the molecule is O=C(Cn1c(=O)n(Cc2cccc(Cl)c2)c(=O)c2ccccc21)NCc1ccc(F)cc1. The monoisotopic (exact) mass is 451 g/mol. The lowest BCUT2D eigenvalue weighted by atomic mass is 10.2. The number of hydrogen-bond donors (Lipinski definition) is 1. The second-order valence-corrected chi connectivity index (χ2v) is 7.75. The van der Waals surface area contributed by atoms with E-state index in [1.807, 2.05) is 0 Å². The highest BCUT2D eigenvalue weighted by atomic mass is 35.5. The number of benzene rings is 3. The summed E-state index contributed by atoms with van der Waals surface area (Å²) in [6, 6.07) is 19.3. The highest BCUT2D eigenvalue weighted by molar-refractivity contribution is 6.30. The van der Waals surface area contributed by atoms with Gasteiger partial charge in [-0.05, 0) is 47.5 Å². The fourth-order valence-corrected chi connectivity index (χ4v) is 3.70. The van der Waals surface area contributed by atoms with Crippen molar-refractivity contribution in [1.82, 2.24) is 14.5 Å². The van der Waals surface area contributed by atoms with Gasteiger partial charge in [0.25, 0.3) is 5.56 Å². The molecule has 3 aromatic carbocycles. The van der Waals surface area contributed by atoms with Crippen LogP contribution in [-0.2, 0) is 24.4 Å². The lowest BCUT2D eigenvalue weighted by Gasteiger charge is -2.14. The van der Waals surface area contributed by atoms with Crippen LogP contribution in [0.1, 0.15) is 11.1 Å². The van der Waals surface area contributed by atoms with Gasteiger partial charge in [-0.15, -0.1) is 0 Å². The topological polar surface area (TPSA) is 73.1 Å². The molecule has 0 fully saturated rings.